The molecule has 0 aromatic heterocycles. The van der Waals surface area contributed by atoms with Gasteiger partial charge in [-0.15, -0.1) is 0 Å². The van der Waals surface area contributed by atoms with Gasteiger partial charge in [-0.2, -0.15) is 0 Å². The standard InChI is InChI=1S/C56H37NO/c1-3-12-38(13-4-1)45-26-32-51-52(36-45)53-37-46(39-14-5-2-6-15-39)27-33-54(53)58-55-21-11-20-50(56(51)55)42-24-28-47(29-25-42)57(48-30-22-40-16-7-9-18-43(40)34-48)49-31-23-41-17-8-10-19-44(41)35-49/h1-37H. The predicted octanol–water partition coefficient (Wildman–Crippen LogP) is 15.9. The maximum absolute atomic E-state index is 6.92. The maximum Gasteiger partial charge on any atom is 0.135 e. The Balaban J connectivity index is 1.06. The van der Waals surface area contributed by atoms with E-state index in [1.807, 2.05) is 0 Å². The van der Waals surface area contributed by atoms with Crippen molar-refractivity contribution in [3.8, 4) is 67.1 Å². The third-order valence-corrected chi connectivity index (χ3v) is 11.4. The molecule has 2 nitrogen and oxygen atoms in total. The smallest absolute Gasteiger partial charge is 0.135 e. The molecule has 0 bridgehead atoms. The summed E-state index contributed by atoms with van der Waals surface area (Å²) in [5.74, 6) is 1.69. The number of benzene rings is 10. The van der Waals surface area contributed by atoms with Crippen LogP contribution >= 0.6 is 0 Å². The third-order valence-electron chi connectivity index (χ3n) is 11.4. The largest absolute Gasteiger partial charge is 0.456 e. The molecule has 1 aliphatic heterocycles. The quantitative estimate of drug-likeness (QED) is 0.168. The second-order valence-corrected chi connectivity index (χ2v) is 14.9. The Bertz CT molecular complexity index is 3050. The summed E-state index contributed by atoms with van der Waals surface area (Å²) < 4.78 is 6.92. The van der Waals surface area contributed by atoms with Gasteiger partial charge in [0.15, 0.2) is 0 Å². The van der Waals surface area contributed by atoms with Crippen molar-refractivity contribution in [1.29, 1.82) is 0 Å². The average molecular weight is 740 g/mol. The molecule has 0 fully saturated rings. The molecule has 272 valence electrons. The number of hydrogen-bond acceptors (Lipinski definition) is 2. The van der Waals surface area contributed by atoms with Crippen LogP contribution in [0.2, 0.25) is 0 Å². The van der Waals surface area contributed by atoms with Gasteiger partial charge in [0.05, 0.1) is 0 Å². The minimum absolute atomic E-state index is 0.843. The zero-order chi connectivity index (χ0) is 38.4. The molecule has 0 spiro atoms. The fraction of sp³-hybridized carbons (Fsp3) is 0. The predicted molar refractivity (Wildman–Crippen MR) is 243 cm³/mol. The summed E-state index contributed by atoms with van der Waals surface area (Å²) >= 11 is 0. The Morgan fingerprint density at radius 2 is 0.776 bits per heavy atom. The lowest BCUT2D eigenvalue weighted by molar-refractivity contribution is 0.488. The molecule has 10 aromatic carbocycles. The molecule has 1 heterocycles. The molecular weight excluding hydrogens is 703 g/mol. The first kappa shape index (κ1) is 33.6. The molecule has 0 atom stereocenters. The SMILES string of the molecule is c1ccc(-c2ccc3c(c2)-c2cc(-c4ccccc4)ccc2-c2c(cccc2-c2ccc(N(c4ccc5ccccc5c4)c4ccc5ccccc5c4)cc2)O3)cc1. The van der Waals surface area contributed by atoms with E-state index < -0.39 is 0 Å². The lowest BCUT2D eigenvalue weighted by Gasteiger charge is -2.26. The number of rotatable bonds is 6. The molecule has 10 aromatic rings. The van der Waals surface area contributed by atoms with E-state index in [-0.39, 0.29) is 0 Å². The molecule has 0 N–H and O–H groups in total. The summed E-state index contributed by atoms with van der Waals surface area (Å²) in [7, 11) is 0. The molecule has 1 aliphatic rings. The Labute approximate surface area is 338 Å². The fourth-order valence-corrected chi connectivity index (χ4v) is 8.56. The van der Waals surface area contributed by atoms with Crippen LogP contribution in [0.3, 0.4) is 0 Å². The topological polar surface area (TPSA) is 12.5 Å². The van der Waals surface area contributed by atoms with Crippen molar-refractivity contribution < 1.29 is 4.74 Å². The van der Waals surface area contributed by atoms with E-state index in [9.17, 15) is 0 Å². The maximum atomic E-state index is 6.92. The van der Waals surface area contributed by atoms with Crippen LogP contribution in [0.15, 0.2) is 224 Å². The molecule has 0 saturated carbocycles. The summed E-state index contributed by atoms with van der Waals surface area (Å²) in [5, 5.41) is 4.86. The second-order valence-electron chi connectivity index (χ2n) is 14.9. The molecule has 0 radical (unpaired) electrons. The molecule has 0 amide bonds. The lowest BCUT2D eigenvalue weighted by Crippen LogP contribution is -2.09. The van der Waals surface area contributed by atoms with Crippen LogP contribution in [-0.2, 0) is 0 Å². The first-order valence-electron chi connectivity index (χ1n) is 19.8. The average Bonchev–Trinajstić information content (AvgIpc) is 3.44. The van der Waals surface area contributed by atoms with Crippen molar-refractivity contribution >= 4 is 38.6 Å². The van der Waals surface area contributed by atoms with E-state index in [1.165, 1.54) is 38.2 Å². The van der Waals surface area contributed by atoms with Crippen molar-refractivity contribution in [3.63, 3.8) is 0 Å². The van der Waals surface area contributed by atoms with Crippen LogP contribution in [-0.4, -0.2) is 0 Å². The zero-order valence-corrected chi connectivity index (χ0v) is 31.7. The van der Waals surface area contributed by atoms with Gasteiger partial charge in [-0.05, 0) is 127 Å². The summed E-state index contributed by atoms with van der Waals surface area (Å²) in [6.45, 7) is 0. The number of hydrogen-bond donors (Lipinski definition) is 0. The Kier molecular flexibility index (Phi) is 8.19. The highest BCUT2D eigenvalue weighted by Crippen LogP contribution is 2.52. The van der Waals surface area contributed by atoms with E-state index in [4.69, 9.17) is 4.74 Å². The van der Waals surface area contributed by atoms with Gasteiger partial charge in [-0.1, -0.05) is 164 Å². The van der Waals surface area contributed by atoms with Gasteiger partial charge in [-0.3, -0.25) is 0 Å². The third kappa shape index (κ3) is 6.00. The summed E-state index contributed by atoms with van der Waals surface area (Å²) in [6, 6.07) is 80.6. The molecule has 0 unspecified atom stereocenters. The van der Waals surface area contributed by atoms with Gasteiger partial charge in [0, 0.05) is 28.2 Å². The van der Waals surface area contributed by atoms with E-state index in [0.29, 0.717) is 0 Å². The molecule has 0 saturated heterocycles. The van der Waals surface area contributed by atoms with Gasteiger partial charge in [0.1, 0.15) is 11.5 Å². The minimum atomic E-state index is 0.843. The number of ether oxygens (including phenoxy) is 1. The van der Waals surface area contributed by atoms with Crippen molar-refractivity contribution in [2.24, 2.45) is 0 Å². The van der Waals surface area contributed by atoms with Gasteiger partial charge in [-0.25, -0.2) is 0 Å². The van der Waals surface area contributed by atoms with Gasteiger partial charge < -0.3 is 9.64 Å². The van der Waals surface area contributed by atoms with E-state index >= 15 is 0 Å². The van der Waals surface area contributed by atoms with E-state index in [1.54, 1.807) is 0 Å². The molecular formula is C56H37NO. The van der Waals surface area contributed by atoms with Crippen molar-refractivity contribution in [2.75, 3.05) is 4.90 Å². The summed E-state index contributed by atoms with van der Waals surface area (Å²) in [6.07, 6.45) is 0. The molecule has 11 rings (SSSR count). The normalized spacial score (nSPS) is 11.6. The Morgan fingerprint density at radius 3 is 1.40 bits per heavy atom. The zero-order valence-electron chi connectivity index (χ0n) is 31.7. The van der Waals surface area contributed by atoms with Crippen LogP contribution in [0, 0.1) is 0 Å². The van der Waals surface area contributed by atoms with Crippen LogP contribution in [0.5, 0.6) is 11.5 Å². The second kappa shape index (κ2) is 14.1. The lowest BCUT2D eigenvalue weighted by atomic mass is 9.87. The van der Waals surface area contributed by atoms with Crippen molar-refractivity contribution in [3.05, 3.63) is 224 Å². The monoisotopic (exact) mass is 739 g/mol. The van der Waals surface area contributed by atoms with E-state index in [0.717, 1.165) is 67.5 Å². The van der Waals surface area contributed by atoms with Gasteiger partial charge in [0.25, 0.3) is 0 Å². The van der Waals surface area contributed by atoms with Crippen LogP contribution in [0.4, 0.5) is 17.1 Å². The highest BCUT2D eigenvalue weighted by Gasteiger charge is 2.25. The highest BCUT2D eigenvalue weighted by molar-refractivity contribution is 6.00. The first-order chi connectivity index (χ1) is 28.7. The van der Waals surface area contributed by atoms with Crippen LogP contribution in [0.25, 0.3) is 77.2 Å². The van der Waals surface area contributed by atoms with Crippen LogP contribution in [0.1, 0.15) is 0 Å². The first-order valence-corrected chi connectivity index (χ1v) is 19.8. The summed E-state index contributed by atoms with van der Waals surface area (Å²) in [4.78, 5) is 2.36. The Hall–Kier alpha value is -7.68. The number of fused-ring (bicyclic) bond motifs is 7. The van der Waals surface area contributed by atoms with Crippen LogP contribution < -0.4 is 9.64 Å². The minimum Gasteiger partial charge on any atom is -0.456 e. The Morgan fingerprint density at radius 1 is 0.259 bits per heavy atom. The van der Waals surface area contributed by atoms with Crippen molar-refractivity contribution in [2.45, 2.75) is 0 Å². The van der Waals surface area contributed by atoms with E-state index in [2.05, 4.69) is 229 Å². The van der Waals surface area contributed by atoms with Crippen molar-refractivity contribution in [1.82, 2.24) is 0 Å². The number of anilines is 3. The summed E-state index contributed by atoms with van der Waals surface area (Å²) in [5.41, 5.74) is 14.7. The molecule has 2 heteroatoms. The van der Waals surface area contributed by atoms with Gasteiger partial charge >= 0.3 is 0 Å². The van der Waals surface area contributed by atoms with Gasteiger partial charge in [0.2, 0.25) is 0 Å². The fourth-order valence-electron chi connectivity index (χ4n) is 8.56. The molecule has 58 heavy (non-hydrogen) atoms. The molecule has 0 aliphatic carbocycles. The highest BCUT2D eigenvalue weighted by atomic mass is 16.5. The number of nitrogens with zero attached hydrogens (tertiary/aromatic N) is 1.